The molecule has 0 radical (unpaired) electrons. The minimum absolute atomic E-state index is 0.0681. The largest absolute Gasteiger partial charge is 0.465 e. The molecule has 0 aliphatic rings. The van der Waals surface area contributed by atoms with Gasteiger partial charge in [-0.15, -0.1) is 0 Å². The first kappa shape index (κ1) is 14.7. The molecule has 0 saturated carbocycles. The van der Waals surface area contributed by atoms with Crippen LogP contribution in [0.25, 0.3) is 0 Å². The summed E-state index contributed by atoms with van der Waals surface area (Å²) in [6.07, 6.45) is 1.21. The number of aromatic nitrogens is 1. The number of pyridine rings is 1. The molecule has 0 amide bonds. The molecule has 0 saturated heterocycles. The second-order valence-electron chi connectivity index (χ2n) is 3.38. The molecule has 0 atom stereocenters. The molecule has 0 aliphatic carbocycles. The third-order valence-corrected chi connectivity index (χ3v) is 4.40. The smallest absolute Gasteiger partial charge is 0.339 e. The SMILES string of the molecule is CCS(=O)(=O)N(C)c1cc(C(=O)OC)c(Cl)cn1. The molecule has 0 aromatic carbocycles. The van der Waals surface area contributed by atoms with Gasteiger partial charge in [-0.2, -0.15) is 0 Å². The van der Waals surface area contributed by atoms with Gasteiger partial charge in [0.05, 0.1) is 23.4 Å². The summed E-state index contributed by atoms with van der Waals surface area (Å²) in [5, 5.41) is 0.105. The molecule has 0 N–H and O–H groups in total. The highest BCUT2D eigenvalue weighted by molar-refractivity contribution is 7.92. The lowest BCUT2D eigenvalue weighted by atomic mass is 10.2. The molecule has 1 aromatic rings. The number of anilines is 1. The minimum Gasteiger partial charge on any atom is -0.465 e. The summed E-state index contributed by atoms with van der Waals surface area (Å²) in [5.74, 6) is -0.603. The van der Waals surface area contributed by atoms with Gasteiger partial charge in [0.1, 0.15) is 5.82 Å². The van der Waals surface area contributed by atoms with E-state index in [-0.39, 0.29) is 22.2 Å². The Morgan fingerprint density at radius 1 is 1.56 bits per heavy atom. The Balaban J connectivity index is 3.25. The third-order valence-electron chi connectivity index (χ3n) is 2.35. The van der Waals surface area contributed by atoms with Crippen LogP contribution < -0.4 is 4.31 Å². The number of nitrogens with zero attached hydrogens (tertiary/aromatic N) is 2. The minimum atomic E-state index is -3.44. The monoisotopic (exact) mass is 292 g/mol. The number of hydrogen-bond donors (Lipinski definition) is 0. The van der Waals surface area contributed by atoms with E-state index in [2.05, 4.69) is 9.72 Å². The van der Waals surface area contributed by atoms with Crippen LogP contribution in [0, 0.1) is 0 Å². The second-order valence-corrected chi connectivity index (χ2v) is 6.08. The maximum atomic E-state index is 11.7. The second kappa shape index (κ2) is 5.53. The number of esters is 1. The van der Waals surface area contributed by atoms with Crippen LogP contribution in [0.4, 0.5) is 5.82 Å². The number of rotatable bonds is 4. The topological polar surface area (TPSA) is 76.6 Å². The number of carbonyl (C=O) groups is 1. The van der Waals surface area contributed by atoms with E-state index in [9.17, 15) is 13.2 Å². The number of ether oxygens (including phenoxy) is 1. The number of hydrogen-bond acceptors (Lipinski definition) is 5. The summed E-state index contributed by atoms with van der Waals surface area (Å²) in [6, 6.07) is 1.28. The Kier molecular flexibility index (Phi) is 4.53. The maximum absolute atomic E-state index is 11.7. The number of halogens is 1. The molecule has 18 heavy (non-hydrogen) atoms. The fraction of sp³-hybridized carbons (Fsp3) is 0.400. The molecule has 0 aliphatic heterocycles. The van der Waals surface area contributed by atoms with Crippen molar-refractivity contribution in [2.75, 3.05) is 24.2 Å². The average molecular weight is 293 g/mol. The first-order chi connectivity index (χ1) is 8.33. The summed E-state index contributed by atoms with van der Waals surface area (Å²) in [5.41, 5.74) is 0.0716. The average Bonchev–Trinajstić information content (AvgIpc) is 2.37. The van der Waals surface area contributed by atoms with Crippen LogP contribution in [-0.4, -0.2) is 39.3 Å². The van der Waals surface area contributed by atoms with Crippen molar-refractivity contribution in [1.82, 2.24) is 4.98 Å². The molecule has 1 heterocycles. The van der Waals surface area contributed by atoms with Crippen LogP contribution in [0.2, 0.25) is 5.02 Å². The van der Waals surface area contributed by atoms with E-state index in [4.69, 9.17) is 11.6 Å². The molecule has 100 valence electrons. The summed E-state index contributed by atoms with van der Waals surface area (Å²) in [4.78, 5) is 15.3. The fourth-order valence-corrected chi connectivity index (χ4v) is 2.16. The number of methoxy groups -OCH3 is 1. The predicted molar refractivity (Wildman–Crippen MR) is 68.5 cm³/mol. The van der Waals surface area contributed by atoms with Crippen LogP contribution in [-0.2, 0) is 14.8 Å². The molecular weight excluding hydrogens is 280 g/mol. The molecule has 0 fully saturated rings. The zero-order chi connectivity index (χ0) is 13.9. The standard InChI is InChI=1S/C10H13ClN2O4S/c1-4-18(15,16)13(2)9-5-7(10(14)17-3)8(11)6-12-9/h5-6H,4H2,1-3H3. The van der Waals surface area contributed by atoms with Crippen LogP contribution in [0.1, 0.15) is 17.3 Å². The van der Waals surface area contributed by atoms with Crippen molar-refractivity contribution in [3.63, 3.8) is 0 Å². The Hall–Kier alpha value is -1.34. The Labute approximate surface area is 111 Å². The first-order valence-electron chi connectivity index (χ1n) is 5.04. The van der Waals surface area contributed by atoms with Crippen molar-refractivity contribution in [2.45, 2.75) is 6.92 Å². The molecular formula is C10H13ClN2O4S. The molecule has 0 spiro atoms. The van der Waals surface area contributed by atoms with Gasteiger partial charge in [-0.1, -0.05) is 11.6 Å². The maximum Gasteiger partial charge on any atom is 0.339 e. The quantitative estimate of drug-likeness (QED) is 0.782. The highest BCUT2D eigenvalue weighted by Crippen LogP contribution is 2.22. The van der Waals surface area contributed by atoms with Gasteiger partial charge in [0, 0.05) is 13.2 Å². The van der Waals surface area contributed by atoms with Crippen molar-refractivity contribution < 1.29 is 17.9 Å². The zero-order valence-electron chi connectivity index (χ0n) is 10.2. The Bertz CT molecular complexity index is 559. The predicted octanol–water partition coefficient (Wildman–Crippen LogP) is 1.31. The molecule has 6 nitrogen and oxygen atoms in total. The Morgan fingerprint density at radius 2 is 2.17 bits per heavy atom. The van der Waals surface area contributed by atoms with Gasteiger partial charge in [0.15, 0.2) is 0 Å². The lowest BCUT2D eigenvalue weighted by Crippen LogP contribution is -2.29. The number of carbonyl (C=O) groups excluding carboxylic acids is 1. The van der Waals surface area contributed by atoms with Crippen LogP contribution in [0.5, 0.6) is 0 Å². The van der Waals surface area contributed by atoms with E-state index in [1.54, 1.807) is 0 Å². The van der Waals surface area contributed by atoms with Gasteiger partial charge in [0.25, 0.3) is 0 Å². The molecule has 0 bridgehead atoms. The van der Waals surface area contributed by atoms with Crippen LogP contribution >= 0.6 is 11.6 Å². The van der Waals surface area contributed by atoms with Gasteiger partial charge in [-0.05, 0) is 13.0 Å². The molecule has 8 heteroatoms. The lowest BCUT2D eigenvalue weighted by Gasteiger charge is -2.17. The molecule has 0 unspecified atom stereocenters. The van der Waals surface area contributed by atoms with Crippen LogP contribution in [0.3, 0.4) is 0 Å². The van der Waals surface area contributed by atoms with Crippen molar-refractivity contribution >= 4 is 33.4 Å². The normalized spacial score (nSPS) is 11.1. The van der Waals surface area contributed by atoms with Crippen molar-refractivity contribution in [2.24, 2.45) is 0 Å². The Morgan fingerprint density at radius 3 is 2.67 bits per heavy atom. The first-order valence-corrected chi connectivity index (χ1v) is 7.02. The highest BCUT2D eigenvalue weighted by Gasteiger charge is 2.20. The summed E-state index contributed by atoms with van der Waals surface area (Å²) in [7, 11) is -0.867. The van der Waals surface area contributed by atoms with E-state index >= 15 is 0 Å². The van der Waals surface area contributed by atoms with Crippen molar-refractivity contribution in [3.05, 3.63) is 22.8 Å². The van der Waals surface area contributed by atoms with E-state index in [0.29, 0.717) is 0 Å². The van der Waals surface area contributed by atoms with Gasteiger partial charge >= 0.3 is 5.97 Å². The lowest BCUT2D eigenvalue weighted by molar-refractivity contribution is 0.0601. The van der Waals surface area contributed by atoms with Gasteiger partial charge in [-0.3, -0.25) is 4.31 Å². The summed E-state index contributed by atoms with van der Waals surface area (Å²) >= 11 is 5.79. The third kappa shape index (κ3) is 2.91. The van der Waals surface area contributed by atoms with E-state index < -0.39 is 16.0 Å². The summed E-state index contributed by atoms with van der Waals surface area (Å²) in [6.45, 7) is 1.52. The van der Waals surface area contributed by atoms with E-state index in [1.807, 2.05) is 0 Å². The number of sulfonamides is 1. The summed E-state index contributed by atoms with van der Waals surface area (Å²) < 4.78 is 28.9. The van der Waals surface area contributed by atoms with E-state index in [1.165, 1.54) is 33.3 Å². The van der Waals surface area contributed by atoms with Gasteiger partial charge in [0.2, 0.25) is 10.0 Å². The zero-order valence-corrected chi connectivity index (χ0v) is 11.7. The highest BCUT2D eigenvalue weighted by atomic mass is 35.5. The fourth-order valence-electron chi connectivity index (χ4n) is 1.20. The van der Waals surface area contributed by atoms with E-state index in [0.717, 1.165) is 4.31 Å². The van der Waals surface area contributed by atoms with Gasteiger partial charge in [-0.25, -0.2) is 18.2 Å². The van der Waals surface area contributed by atoms with Crippen molar-refractivity contribution in [3.8, 4) is 0 Å². The molecule has 1 aromatic heterocycles. The molecule has 1 rings (SSSR count). The van der Waals surface area contributed by atoms with Crippen LogP contribution in [0.15, 0.2) is 12.3 Å². The van der Waals surface area contributed by atoms with Gasteiger partial charge < -0.3 is 4.74 Å². The van der Waals surface area contributed by atoms with Crippen molar-refractivity contribution in [1.29, 1.82) is 0 Å².